The molecule has 1 unspecified atom stereocenters. The van der Waals surface area contributed by atoms with Crippen molar-refractivity contribution in [1.82, 2.24) is 4.98 Å². The van der Waals surface area contributed by atoms with E-state index in [-0.39, 0.29) is 17.0 Å². The Hall–Kier alpha value is -3.25. The number of hydrogen-bond donors (Lipinski definition) is 0. The average Bonchev–Trinajstić information content (AvgIpc) is 3.18. The number of aromatic nitrogens is 1. The van der Waals surface area contributed by atoms with Gasteiger partial charge in [0.05, 0.1) is 10.5 Å². The Balaban J connectivity index is 1.46. The topological polar surface area (TPSA) is 73.3 Å². The van der Waals surface area contributed by atoms with Gasteiger partial charge in [-0.1, -0.05) is 61.4 Å². The van der Waals surface area contributed by atoms with E-state index in [1.807, 2.05) is 49.5 Å². The molecule has 35 heavy (non-hydrogen) atoms. The largest absolute Gasteiger partial charge is 0.454 e. The quantitative estimate of drug-likeness (QED) is 0.265. The molecule has 6 heteroatoms. The molecule has 0 N–H and O–H groups in total. The number of hydrogen-bond acceptors (Lipinski definition) is 5. The molecule has 4 rings (SSSR count). The molecule has 0 spiro atoms. The first kappa shape index (κ1) is 24.9. The Kier molecular flexibility index (Phi) is 7.81. The van der Waals surface area contributed by atoms with Crippen LogP contribution >= 0.6 is 0 Å². The Bertz CT molecular complexity index is 1300. The number of unbranched alkanes of at least 4 members (excludes halogenated alkanes) is 3. The summed E-state index contributed by atoms with van der Waals surface area (Å²) < 4.78 is 29.7. The van der Waals surface area contributed by atoms with E-state index in [0.717, 1.165) is 60.9 Å². The number of carbonyl (C=O) groups excluding carboxylic acids is 1. The minimum Gasteiger partial charge on any atom is -0.454 e. The number of nitrogens with zero attached hydrogens (tertiary/aromatic N) is 1. The summed E-state index contributed by atoms with van der Waals surface area (Å²) in [7, 11) is -3.30. The van der Waals surface area contributed by atoms with Crippen LogP contribution in [0.2, 0.25) is 0 Å². The molecule has 1 aliphatic heterocycles. The summed E-state index contributed by atoms with van der Waals surface area (Å²) in [6.45, 7) is 1.99. The normalized spacial score (nSPS) is 15.9. The van der Waals surface area contributed by atoms with Crippen LogP contribution in [0.3, 0.4) is 0 Å². The first-order chi connectivity index (χ1) is 16.8. The van der Waals surface area contributed by atoms with Crippen LogP contribution in [0.15, 0.2) is 77.8 Å². The summed E-state index contributed by atoms with van der Waals surface area (Å²) in [5.41, 5.74) is 5.33. The number of carbonyl (C=O) groups is 1. The molecular weight excluding hydrogens is 458 g/mol. The molecule has 2 heterocycles. The van der Waals surface area contributed by atoms with E-state index in [1.54, 1.807) is 24.3 Å². The average molecular weight is 490 g/mol. The molecule has 1 aromatic heterocycles. The fourth-order valence-corrected chi connectivity index (χ4v) is 5.10. The summed E-state index contributed by atoms with van der Waals surface area (Å²) >= 11 is 0. The zero-order valence-corrected chi connectivity index (χ0v) is 21.1. The molecule has 5 nitrogen and oxygen atoms in total. The van der Waals surface area contributed by atoms with Crippen LogP contribution in [0.25, 0.3) is 11.1 Å². The lowest BCUT2D eigenvalue weighted by molar-refractivity contribution is -0.137. The number of aryl methyl sites for hydroxylation is 2. The van der Waals surface area contributed by atoms with Gasteiger partial charge in [0.25, 0.3) is 0 Å². The van der Waals surface area contributed by atoms with Crippen molar-refractivity contribution >= 4 is 27.0 Å². The molecule has 0 aliphatic carbocycles. The van der Waals surface area contributed by atoms with Crippen molar-refractivity contribution in [2.24, 2.45) is 0 Å². The zero-order valence-electron chi connectivity index (χ0n) is 20.2. The highest BCUT2D eigenvalue weighted by Gasteiger charge is 2.35. The third kappa shape index (κ3) is 6.25. The minimum absolute atomic E-state index is 0.258. The third-order valence-electron chi connectivity index (χ3n) is 6.36. The van der Waals surface area contributed by atoms with Crippen LogP contribution in [-0.4, -0.2) is 31.7 Å². The molecule has 1 atom stereocenters. The summed E-state index contributed by atoms with van der Waals surface area (Å²) in [5.74, 6) is -0.324. The lowest BCUT2D eigenvalue weighted by atomic mass is 9.91. The van der Waals surface area contributed by atoms with E-state index < -0.39 is 9.84 Å². The molecular formula is C29H31NO4S. The van der Waals surface area contributed by atoms with Crippen molar-refractivity contribution in [3.05, 3.63) is 95.3 Å². The number of rotatable bonds is 10. The molecule has 0 saturated heterocycles. The predicted octanol–water partition coefficient (Wildman–Crippen LogP) is 5.82. The van der Waals surface area contributed by atoms with Gasteiger partial charge in [0.15, 0.2) is 9.84 Å². The van der Waals surface area contributed by atoms with Crippen molar-refractivity contribution in [3.8, 4) is 0 Å². The van der Waals surface area contributed by atoms with E-state index >= 15 is 0 Å². The smallest absolute Gasteiger partial charge is 0.339 e. The van der Waals surface area contributed by atoms with Gasteiger partial charge in [-0.3, -0.25) is 4.98 Å². The fourth-order valence-electron chi connectivity index (χ4n) is 4.47. The summed E-state index contributed by atoms with van der Waals surface area (Å²) in [4.78, 5) is 17.5. The monoisotopic (exact) mass is 489 g/mol. The van der Waals surface area contributed by atoms with Crippen LogP contribution in [-0.2, 0) is 25.8 Å². The lowest BCUT2D eigenvalue weighted by Crippen LogP contribution is -2.11. The molecule has 0 fully saturated rings. The third-order valence-corrected chi connectivity index (χ3v) is 7.48. The number of esters is 1. The Morgan fingerprint density at radius 2 is 1.57 bits per heavy atom. The number of sulfone groups is 1. The van der Waals surface area contributed by atoms with Gasteiger partial charge in [-0.2, -0.15) is 0 Å². The van der Waals surface area contributed by atoms with Gasteiger partial charge in [-0.15, -0.1) is 0 Å². The second-order valence-corrected chi connectivity index (χ2v) is 11.1. The minimum atomic E-state index is -3.30. The Morgan fingerprint density at radius 1 is 0.857 bits per heavy atom. The standard InChI is InChI=1S/C29H31NO4S/c1-21-14-15-22(20-30-21)10-6-3-4-9-13-26-27(24-16-18-25(19-17-24)35(2,32)33)28(29(31)34-26)23-11-7-5-8-12-23/h5,7-8,11-12,14-20,26H,3-4,6,9-10,13H2,1-2H3. The predicted molar refractivity (Wildman–Crippen MR) is 138 cm³/mol. The molecule has 182 valence electrons. The Labute approximate surface area is 207 Å². The first-order valence-corrected chi connectivity index (χ1v) is 13.9. The van der Waals surface area contributed by atoms with Gasteiger partial charge in [-0.25, -0.2) is 13.2 Å². The highest BCUT2D eigenvalue weighted by molar-refractivity contribution is 7.90. The molecule has 0 bridgehead atoms. The maximum absolute atomic E-state index is 12.9. The number of ether oxygens (including phenoxy) is 1. The van der Waals surface area contributed by atoms with Gasteiger partial charge in [0.1, 0.15) is 6.10 Å². The van der Waals surface area contributed by atoms with Crippen molar-refractivity contribution in [1.29, 1.82) is 0 Å². The van der Waals surface area contributed by atoms with Crippen molar-refractivity contribution < 1.29 is 17.9 Å². The van der Waals surface area contributed by atoms with Gasteiger partial charge in [-0.05, 0) is 67.5 Å². The highest BCUT2D eigenvalue weighted by atomic mass is 32.2. The summed E-state index contributed by atoms with van der Waals surface area (Å²) in [6, 6.07) is 20.5. The van der Waals surface area contributed by atoms with Crippen LogP contribution < -0.4 is 0 Å². The van der Waals surface area contributed by atoms with Crippen molar-refractivity contribution in [3.63, 3.8) is 0 Å². The van der Waals surface area contributed by atoms with E-state index in [9.17, 15) is 13.2 Å². The molecule has 0 saturated carbocycles. The van der Waals surface area contributed by atoms with E-state index in [1.165, 1.54) is 11.8 Å². The highest BCUT2D eigenvalue weighted by Crippen LogP contribution is 2.39. The second-order valence-electron chi connectivity index (χ2n) is 9.11. The van der Waals surface area contributed by atoms with Gasteiger partial charge in [0, 0.05) is 23.7 Å². The first-order valence-electron chi connectivity index (χ1n) is 12.1. The molecule has 2 aromatic carbocycles. The lowest BCUT2D eigenvalue weighted by Gasteiger charge is -2.15. The summed E-state index contributed by atoms with van der Waals surface area (Å²) in [6.07, 6.45) is 8.73. The number of benzene rings is 2. The van der Waals surface area contributed by atoms with E-state index in [4.69, 9.17) is 4.74 Å². The number of pyridine rings is 1. The van der Waals surface area contributed by atoms with Crippen LogP contribution in [0.1, 0.15) is 54.5 Å². The van der Waals surface area contributed by atoms with Gasteiger partial charge >= 0.3 is 5.97 Å². The van der Waals surface area contributed by atoms with Crippen LogP contribution in [0, 0.1) is 6.92 Å². The van der Waals surface area contributed by atoms with E-state index in [2.05, 4.69) is 11.1 Å². The number of cyclic esters (lactones) is 1. The zero-order chi connectivity index (χ0) is 24.8. The van der Waals surface area contributed by atoms with Crippen LogP contribution in [0.5, 0.6) is 0 Å². The van der Waals surface area contributed by atoms with Crippen molar-refractivity contribution in [2.75, 3.05) is 6.26 Å². The fraction of sp³-hybridized carbons (Fsp3) is 0.310. The van der Waals surface area contributed by atoms with Gasteiger partial charge in [0.2, 0.25) is 0 Å². The second kappa shape index (κ2) is 11.0. The maximum atomic E-state index is 12.9. The molecule has 1 aliphatic rings. The maximum Gasteiger partial charge on any atom is 0.339 e. The Morgan fingerprint density at radius 3 is 2.23 bits per heavy atom. The molecule has 3 aromatic rings. The molecule has 0 amide bonds. The van der Waals surface area contributed by atoms with Crippen LogP contribution in [0.4, 0.5) is 0 Å². The van der Waals surface area contributed by atoms with Crippen molar-refractivity contribution in [2.45, 2.75) is 56.4 Å². The molecule has 0 radical (unpaired) electrons. The van der Waals surface area contributed by atoms with E-state index in [0.29, 0.717) is 5.57 Å². The van der Waals surface area contributed by atoms with Gasteiger partial charge < -0.3 is 4.74 Å². The SMILES string of the molecule is Cc1ccc(CCCCCCC2OC(=O)C(c3ccccc3)=C2c2ccc(S(C)(=O)=O)cc2)cn1. The summed E-state index contributed by atoms with van der Waals surface area (Å²) in [5, 5.41) is 0.